The quantitative estimate of drug-likeness (QED) is 0.773. The number of hydrogen-bond donors (Lipinski definition) is 0. The smallest absolute Gasteiger partial charge is 0.326 e. The van der Waals surface area contributed by atoms with E-state index in [0.29, 0.717) is 11.1 Å². The molecule has 0 aliphatic carbocycles. The Bertz CT molecular complexity index is 624. The fraction of sp³-hybridized carbons (Fsp3) is 0.429. The molecule has 0 saturated heterocycles. The van der Waals surface area contributed by atoms with Crippen molar-refractivity contribution in [3.63, 3.8) is 0 Å². The van der Waals surface area contributed by atoms with Crippen LogP contribution in [0.4, 0.5) is 0 Å². The van der Waals surface area contributed by atoms with Gasteiger partial charge in [-0.1, -0.05) is 12.1 Å². The van der Waals surface area contributed by atoms with Crippen molar-refractivity contribution in [3.05, 3.63) is 35.4 Å². The van der Waals surface area contributed by atoms with Crippen LogP contribution in [0.15, 0.2) is 24.3 Å². The highest BCUT2D eigenvalue weighted by atomic mass is 32.2. The molecule has 0 heterocycles. The molecule has 0 atom stereocenters. The van der Waals surface area contributed by atoms with E-state index in [4.69, 9.17) is 10.00 Å². The molecule has 108 valence electrons. The molecule has 20 heavy (non-hydrogen) atoms. The van der Waals surface area contributed by atoms with Crippen molar-refractivity contribution in [1.29, 1.82) is 5.26 Å². The molecule has 0 bridgehead atoms. The number of nitriles is 1. The maximum atomic E-state index is 12.3. The molecule has 1 aromatic rings. The summed E-state index contributed by atoms with van der Waals surface area (Å²) in [6, 6.07) is 8.18. The maximum Gasteiger partial charge on any atom is 0.326 e. The van der Waals surface area contributed by atoms with E-state index in [1.165, 1.54) is 13.8 Å². The SMILES string of the molecule is CCOC(=O)C(C)(C)S(=O)(=O)Cc1ccc(C#N)cc1. The Morgan fingerprint density at radius 1 is 1.30 bits per heavy atom. The summed E-state index contributed by atoms with van der Waals surface area (Å²) in [5, 5.41) is 8.69. The molecule has 0 fully saturated rings. The van der Waals surface area contributed by atoms with Gasteiger partial charge < -0.3 is 4.74 Å². The standard InChI is InChI=1S/C14H17NO4S/c1-4-19-13(16)14(2,3)20(17,18)10-12-7-5-11(9-15)6-8-12/h5-8H,4,10H2,1-3H3. The lowest BCUT2D eigenvalue weighted by Crippen LogP contribution is -2.42. The molecular formula is C14H17NO4S. The first-order chi connectivity index (χ1) is 9.24. The first-order valence-electron chi connectivity index (χ1n) is 6.13. The zero-order valence-corrected chi connectivity index (χ0v) is 12.5. The van der Waals surface area contributed by atoms with Crippen LogP contribution in [0.2, 0.25) is 0 Å². The third-order valence-electron chi connectivity index (χ3n) is 2.98. The highest BCUT2D eigenvalue weighted by molar-refractivity contribution is 7.92. The second-order valence-corrected chi connectivity index (χ2v) is 7.34. The summed E-state index contributed by atoms with van der Waals surface area (Å²) in [4.78, 5) is 11.8. The minimum atomic E-state index is -3.71. The molecule has 0 aromatic heterocycles. The normalized spacial score (nSPS) is 11.7. The Labute approximate surface area is 119 Å². The highest BCUT2D eigenvalue weighted by Gasteiger charge is 2.42. The van der Waals surface area contributed by atoms with Crippen molar-refractivity contribution in [2.24, 2.45) is 0 Å². The first-order valence-corrected chi connectivity index (χ1v) is 7.78. The van der Waals surface area contributed by atoms with Gasteiger partial charge in [-0.25, -0.2) is 8.42 Å². The Balaban J connectivity index is 2.99. The lowest BCUT2D eigenvalue weighted by molar-refractivity contribution is -0.145. The van der Waals surface area contributed by atoms with E-state index in [0.717, 1.165) is 0 Å². The van der Waals surface area contributed by atoms with E-state index in [1.54, 1.807) is 31.2 Å². The van der Waals surface area contributed by atoms with Gasteiger partial charge in [-0.15, -0.1) is 0 Å². The first kappa shape index (κ1) is 16.2. The van der Waals surface area contributed by atoms with Gasteiger partial charge in [-0.3, -0.25) is 4.79 Å². The number of rotatable bonds is 5. The molecule has 0 aliphatic heterocycles. The van der Waals surface area contributed by atoms with Crippen molar-refractivity contribution >= 4 is 15.8 Å². The van der Waals surface area contributed by atoms with Crippen LogP contribution in [-0.4, -0.2) is 25.7 Å². The van der Waals surface area contributed by atoms with Gasteiger partial charge in [0.1, 0.15) is 0 Å². The van der Waals surface area contributed by atoms with Gasteiger partial charge in [0, 0.05) is 0 Å². The van der Waals surface area contributed by atoms with Crippen LogP contribution in [0.3, 0.4) is 0 Å². The van der Waals surface area contributed by atoms with Crippen LogP contribution >= 0.6 is 0 Å². The average molecular weight is 295 g/mol. The molecular weight excluding hydrogens is 278 g/mol. The summed E-state index contributed by atoms with van der Waals surface area (Å²) in [6.45, 7) is 4.43. The van der Waals surface area contributed by atoms with E-state index in [9.17, 15) is 13.2 Å². The number of hydrogen-bond acceptors (Lipinski definition) is 5. The summed E-state index contributed by atoms with van der Waals surface area (Å²) in [5.74, 6) is -1.03. The predicted octanol–water partition coefficient (Wildman–Crippen LogP) is 1.81. The number of benzene rings is 1. The van der Waals surface area contributed by atoms with E-state index in [-0.39, 0.29) is 12.4 Å². The van der Waals surface area contributed by atoms with Crippen LogP contribution in [0, 0.1) is 11.3 Å². The van der Waals surface area contributed by atoms with Gasteiger partial charge >= 0.3 is 5.97 Å². The van der Waals surface area contributed by atoms with Crippen LogP contribution in [0.1, 0.15) is 31.9 Å². The molecule has 0 saturated carbocycles. The second-order valence-electron chi connectivity index (χ2n) is 4.80. The van der Waals surface area contributed by atoms with Gasteiger partial charge in [0.05, 0.1) is 24.0 Å². The summed E-state index contributed by atoms with van der Waals surface area (Å²) >= 11 is 0. The third-order valence-corrected chi connectivity index (χ3v) is 5.42. The summed E-state index contributed by atoms with van der Waals surface area (Å²) in [7, 11) is -3.71. The predicted molar refractivity (Wildman–Crippen MR) is 74.5 cm³/mol. The molecule has 6 heteroatoms. The molecule has 5 nitrogen and oxygen atoms in total. The second kappa shape index (κ2) is 6.06. The van der Waals surface area contributed by atoms with Crippen LogP contribution < -0.4 is 0 Å². The highest BCUT2D eigenvalue weighted by Crippen LogP contribution is 2.23. The fourth-order valence-corrected chi connectivity index (χ4v) is 2.81. The monoisotopic (exact) mass is 295 g/mol. The van der Waals surface area contributed by atoms with Crippen LogP contribution in [0.25, 0.3) is 0 Å². The van der Waals surface area contributed by atoms with E-state index in [1.807, 2.05) is 6.07 Å². The number of nitrogens with zero attached hydrogens (tertiary/aromatic N) is 1. The Kier molecular flexibility index (Phi) is 4.90. The van der Waals surface area contributed by atoms with E-state index in [2.05, 4.69) is 0 Å². The maximum absolute atomic E-state index is 12.3. The number of sulfone groups is 1. The van der Waals surface area contributed by atoms with Crippen LogP contribution in [0.5, 0.6) is 0 Å². The largest absolute Gasteiger partial charge is 0.465 e. The summed E-state index contributed by atoms with van der Waals surface area (Å²) in [6.07, 6.45) is 0. The Morgan fingerprint density at radius 2 is 1.85 bits per heavy atom. The number of esters is 1. The third kappa shape index (κ3) is 3.36. The van der Waals surface area contributed by atoms with Crippen molar-refractivity contribution in [2.45, 2.75) is 31.3 Å². The molecule has 0 N–H and O–H groups in total. The average Bonchev–Trinajstić information content (AvgIpc) is 2.39. The molecule has 1 aromatic carbocycles. The number of ether oxygens (including phenoxy) is 1. The molecule has 0 amide bonds. The van der Waals surface area contributed by atoms with Crippen LogP contribution in [-0.2, 0) is 25.1 Å². The van der Waals surface area contributed by atoms with Crippen molar-refractivity contribution in [1.82, 2.24) is 0 Å². The molecule has 0 radical (unpaired) electrons. The van der Waals surface area contributed by atoms with E-state index < -0.39 is 20.6 Å². The Morgan fingerprint density at radius 3 is 2.30 bits per heavy atom. The Hall–Kier alpha value is -1.87. The minimum absolute atomic E-state index is 0.134. The minimum Gasteiger partial charge on any atom is -0.465 e. The molecule has 0 spiro atoms. The topological polar surface area (TPSA) is 84.2 Å². The number of carbonyl (C=O) groups excluding carboxylic acids is 1. The van der Waals surface area contributed by atoms with Gasteiger partial charge in [0.15, 0.2) is 14.6 Å². The zero-order valence-electron chi connectivity index (χ0n) is 11.7. The van der Waals surface area contributed by atoms with E-state index >= 15 is 0 Å². The number of carbonyl (C=O) groups is 1. The van der Waals surface area contributed by atoms with Crippen molar-refractivity contribution < 1.29 is 17.9 Å². The summed E-state index contributed by atoms with van der Waals surface area (Å²) in [5.41, 5.74) is 0.983. The molecule has 1 rings (SSSR count). The van der Waals surface area contributed by atoms with Gasteiger partial charge in [0.2, 0.25) is 0 Å². The van der Waals surface area contributed by atoms with Crippen molar-refractivity contribution in [2.75, 3.05) is 6.61 Å². The van der Waals surface area contributed by atoms with Gasteiger partial charge in [-0.05, 0) is 38.5 Å². The van der Waals surface area contributed by atoms with Gasteiger partial charge in [-0.2, -0.15) is 5.26 Å². The van der Waals surface area contributed by atoms with Crippen molar-refractivity contribution in [3.8, 4) is 6.07 Å². The molecule has 0 aliphatic rings. The zero-order chi connectivity index (χ0) is 15.4. The molecule has 0 unspecified atom stereocenters. The lowest BCUT2D eigenvalue weighted by atomic mass is 10.2. The lowest BCUT2D eigenvalue weighted by Gasteiger charge is -2.22. The fourth-order valence-electron chi connectivity index (χ4n) is 1.51. The van der Waals surface area contributed by atoms with Gasteiger partial charge in [0.25, 0.3) is 0 Å². The summed E-state index contributed by atoms with van der Waals surface area (Å²) < 4.78 is 27.9.